The van der Waals surface area contributed by atoms with Crippen molar-refractivity contribution < 1.29 is 9.90 Å². The zero-order chi connectivity index (χ0) is 12.1. The number of carboxylic acid groups (broad SMARTS) is 1. The van der Waals surface area contributed by atoms with Crippen molar-refractivity contribution in [3.8, 4) is 0 Å². The average Bonchev–Trinajstić information content (AvgIpc) is 2.86. The molecule has 4 nitrogen and oxygen atoms in total. The summed E-state index contributed by atoms with van der Waals surface area (Å²) in [5, 5.41) is 12.2. The van der Waals surface area contributed by atoms with Gasteiger partial charge in [0.2, 0.25) is 0 Å². The van der Waals surface area contributed by atoms with Crippen molar-refractivity contribution in [2.75, 3.05) is 19.6 Å². The minimum atomic E-state index is -0.671. The van der Waals surface area contributed by atoms with Crippen LogP contribution >= 0.6 is 0 Å². The molecule has 2 aliphatic heterocycles. The van der Waals surface area contributed by atoms with E-state index in [2.05, 4.69) is 10.2 Å². The lowest BCUT2D eigenvalue weighted by molar-refractivity contribution is -0.137. The van der Waals surface area contributed by atoms with E-state index >= 15 is 0 Å². The molecule has 0 amide bonds. The number of nitrogens with one attached hydrogen (secondary N) is 1. The number of aliphatic carboxylic acids is 1. The molecule has 0 aromatic rings. The van der Waals surface area contributed by atoms with Crippen LogP contribution in [0.5, 0.6) is 0 Å². The number of rotatable bonds is 7. The van der Waals surface area contributed by atoms with Gasteiger partial charge in [-0.05, 0) is 45.2 Å². The van der Waals surface area contributed by atoms with E-state index < -0.39 is 5.97 Å². The maximum absolute atomic E-state index is 10.3. The average molecular weight is 240 g/mol. The molecule has 0 bridgehead atoms. The van der Waals surface area contributed by atoms with Crippen LogP contribution in [0.25, 0.3) is 0 Å². The molecule has 2 unspecified atom stereocenters. The van der Waals surface area contributed by atoms with E-state index in [4.69, 9.17) is 5.11 Å². The molecule has 0 spiro atoms. The van der Waals surface area contributed by atoms with Crippen LogP contribution in [-0.4, -0.2) is 47.7 Å². The highest BCUT2D eigenvalue weighted by molar-refractivity contribution is 5.66. The summed E-state index contributed by atoms with van der Waals surface area (Å²) >= 11 is 0. The first-order valence-electron chi connectivity index (χ1n) is 6.96. The van der Waals surface area contributed by atoms with E-state index in [9.17, 15) is 4.79 Å². The molecule has 2 heterocycles. The summed E-state index contributed by atoms with van der Waals surface area (Å²) in [6.45, 7) is 3.61. The van der Waals surface area contributed by atoms with Crippen molar-refractivity contribution in [3.63, 3.8) is 0 Å². The van der Waals surface area contributed by atoms with Crippen LogP contribution in [0, 0.1) is 0 Å². The fourth-order valence-electron chi connectivity index (χ4n) is 3.19. The first kappa shape index (κ1) is 12.8. The number of hydrogen-bond donors (Lipinski definition) is 2. The molecule has 0 aliphatic carbocycles. The van der Waals surface area contributed by atoms with Crippen LogP contribution in [0.15, 0.2) is 0 Å². The Morgan fingerprint density at radius 1 is 1.24 bits per heavy atom. The third-order valence-corrected chi connectivity index (χ3v) is 4.08. The Morgan fingerprint density at radius 3 is 2.94 bits per heavy atom. The van der Waals surface area contributed by atoms with Crippen molar-refractivity contribution in [2.24, 2.45) is 0 Å². The second-order valence-electron chi connectivity index (χ2n) is 5.30. The zero-order valence-electron chi connectivity index (χ0n) is 10.5. The Balaban J connectivity index is 1.52. The van der Waals surface area contributed by atoms with Crippen LogP contribution in [0.2, 0.25) is 0 Å². The van der Waals surface area contributed by atoms with Gasteiger partial charge in [0, 0.05) is 25.0 Å². The Labute approximate surface area is 103 Å². The second kappa shape index (κ2) is 6.36. The molecule has 2 rings (SSSR count). The highest BCUT2D eigenvalue weighted by atomic mass is 16.4. The Hall–Kier alpha value is -0.610. The van der Waals surface area contributed by atoms with Gasteiger partial charge in [-0.15, -0.1) is 0 Å². The third kappa shape index (κ3) is 3.68. The van der Waals surface area contributed by atoms with Gasteiger partial charge in [0.1, 0.15) is 0 Å². The fraction of sp³-hybridized carbons (Fsp3) is 0.923. The molecule has 0 radical (unpaired) electrons. The lowest BCUT2D eigenvalue weighted by Crippen LogP contribution is -2.39. The number of hydrogen-bond acceptors (Lipinski definition) is 3. The van der Waals surface area contributed by atoms with E-state index in [1.807, 2.05) is 0 Å². The minimum absolute atomic E-state index is 0.319. The van der Waals surface area contributed by atoms with E-state index in [0.717, 1.165) is 31.8 Å². The smallest absolute Gasteiger partial charge is 0.303 e. The largest absolute Gasteiger partial charge is 0.481 e. The molecular weight excluding hydrogens is 216 g/mol. The van der Waals surface area contributed by atoms with Gasteiger partial charge in [-0.1, -0.05) is 6.42 Å². The summed E-state index contributed by atoms with van der Waals surface area (Å²) in [7, 11) is 0. The van der Waals surface area contributed by atoms with Crippen LogP contribution in [-0.2, 0) is 4.79 Å². The molecule has 98 valence electrons. The normalized spacial score (nSPS) is 28.5. The molecule has 4 heteroatoms. The lowest BCUT2D eigenvalue weighted by Gasteiger charge is -2.21. The molecule has 0 saturated carbocycles. The van der Waals surface area contributed by atoms with Crippen molar-refractivity contribution in [2.45, 2.75) is 57.0 Å². The van der Waals surface area contributed by atoms with Gasteiger partial charge in [-0.3, -0.25) is 9.69 Å². The summed E-state index contributed by atoms with van der Waals surface area (Å²) in [5.74, 6) is -0.671. The summed E-state index contributed by atoms with van der Waals surface area (Å²) in [4.78, 5) is 13.0. The van der Waals surface area contributed by atoms with E-state index in [-0.39, 0.29) is 0 Å². The second-order valence-corrected chi connectivity index (χ2v) is 5.30. The fourth-order valence-corrected chi connectivity index (χ4v) is 3.19. The first-order valence-corrected chi connectivity index (χ1v) is 6.96. The van der Waals surface area contributed by atoms with Crippen molar-refractivity contribution >= 4 is 5.97 Å². The highest BCUT2D eigenvalue weighted by Gasteiger charge is 2.36. The molecule has 2 N–H and O–H groups in total. The molecule has 0 aromatic heterocycles. The molecular formula is C13H24N2O2. The topological polar surface area (TPSA) is 52.6 Å². The lowest BCUT2D eigenvalue weighted by atomic mass is 10.1. The number of unbranched alkanes of at least 4 members (excludes halogenated alkanes) is 2. The zero-order valence-corrected chi connectivity index (χ0v) is 10.5. The van der Waals surface area contributed by atoms with Crippen LogP contribution in [0.4, 0.5) is 0 Å². The van der Waals surface area contributed by atoms with Gasteiger partial charge in [0.25, 0.3) is 0 Å². The van der Waals surface area contributed by atoms with Gasteiger partial charge in [-0.25, -0.2) is 0 Å². The van der Waals surface area contributed by atoms with Gasteiger partial charge >= 0.3 is 5.97 Å². The van der Waals surface area contributed by atoms with Gasteiger partial charge in [-0.2, -0.15) is 0 Å². The molecule has 2 aliphatic rings. The van der Waals surface area contributed by atoms with Crippen molar-refractivity contribution in [3.05, 3.63) is 0 Å². The van der Waals surface area contributed by atoms with Gasteiger partial charge < -0.3 is 10.4 Å². The van der Waals surface area contributed by atoms with Crippen LogP contribution < -0.4 is 5.32 Å². The molecule has 0 aromatic carbocycles. The maximum Gasteiger partial charge on any atom is 0.303 e. The third-order valence-electron chi connectivity index (χ3n) is 4.08. The minimum Gasteiger partial charge on any atom is -0.481 e. The van der Waals surface area contributed by atoms with Crippen molar-refractivity contribution in [1.29, 1.82) is 0 Å². The van der Waals surface area contributed by atoms with Gasteiger partial charge in [0.15, 0.2) is 0 Å². The predicted octanol–water partition coefficient (Wildman–Crippen LogP) is 1.46. The molecule has 2 fully saturated rings. The Morgan fingerprint density at radius 2 is 2.12 bits per heavy atom. The summed E-state index contributed by atoms with van der Waals surface area (Å²) in [5.41, 5.74) is 0. The number of carbonyl (C=O) groups is 1. The molecule has 2 saturated heterocycles. The van der Waals surface area contributed by atoms with Crippen molar-refractivity contribution in [1.82, 2.24) is 10.2 Å². The SMILES string of the molecule is O=C(O)CCCCCNC1CCN2CCCC12. The van der Waals surface area contributed by atoms with Crippen LogP contribution in [0.1, 0.15) is 44.9 Å². The van der Waals surface area contributed by atoms with E-state index in [0.29, 0.717) is 12.5 Å². The number of carboxylic acids is 1. The first-order chi connectivity index (χ1) is 8.27. The van der Waals surface area contributed by atoms with E-state index in [1.165, 1.54) is 32.4 Å². The van der Waals surface area contributed by atoms with E-state index in [1.54, 1.807) is 0 Å². The predicted molar refractivity (Wildman–Crippen MR) is 67.1 cm³/mol. The highest BCUT2D eigenvalue weighted by Crippen LogP contribution is 2.27. The maximum atomic E-state index is 10.3. The monoisotopic (exact) mass is 240 g/mol. The quantitative estimate of drug-likeness (QED) is 0.661. The molecule has 2 atom stereocenters. The number of fused-ring (bicyclic) bond motifs is 1. The standard InChI is InChI=1S/C13H24N2O2/c16-13(17)6-2-1-3-8-14-11-7-10-15-9-4-5-12(11)15/h11-12,14H,1-10H2,(H,16,17). The Kier molecular flexibility index (Phi) is 4.80. The summed E-state index contributed by atoms with van der Waals surface area (Å²) in [6, 6.07) is 1.48. The summed E-state index contributed by atoms with van der Waals surface area (Å²) in [6.07, 6.45) is 7.28. The van der Waals surface area contributed by atoms with Crippen LogP contribution in [0.3, 0.4) is 0 Å². The number of nitrogens with zero attached hydrogens (tertiary/aromatic N) is 1. The van der Waals surface area contributed by atoms with Gasteiger partial charge in [0.05, 0.1) is 0 Å². The molecule has 17 heavy (non-hydrogen) atoms. The Bertz CT molecular complexity index is 258. The summed E-state index contributed by atoms with van der Waals surface area (Å²) < 4.78 is 0.